The van der Waals surface area contributed by atoms with Gasteiger partial charge in [-0.1, -0.05) is 30.3 Å². The fourth-order valence-electron chi connectivity index (χ4n) is 2.22. The Morgan fingerprint density at radius 2 is 1.97 bits per heavy atom. The van der Waals surface area contributed by atoms with Gasteiger partial charge in [-0.25, -0.2) is 5.43 Å². The van der Waals surface area contributed by atoms with Crippen LogP contribution in [0.5, 0.6) is 5.75 Å². The Morgan fingerprint density at radius 1 is 1.21 bits per heavy atom. The molecule has 0 aliphatic heterocycles. The first-order valence-corrected chi connectivity index (χ1v) is 9.97. The van der Waals surface area contributed by atoms with Crippen LogP contribution in [0.4, 0.5) is 5.69 Å². The fourth-order valence-corrected chi connectivity index (χ4v) is 2.91. The van der Waals surface area contributed by atoms with Gasteiger partial charge in [0.25, 0.3) is 0 Å². The van der Waals surface area contributed by atoms with E-state index in [1.807, 2.05) is 19.1 Å². The molecule has 0 radical (unpaired) electrons. The minimum absolute atomic E-state index is 0.0147. The first-order chi connectivity index (χ1) is 13.9. The number of rotatable bonds is 9. The Kier molecular flexibility index (Phi) is 8.89. The van der Waals surface area contributed by atoms with Gasteiger partial charge in [0.1, 0.15) is 12.4 Å². The molecule has 0 bridgehead atoms. The summed E-state index contributed by atoms with van der Waals surface area (Å²) in [6.07, 6.45) is 3.22. The second-order valence-corrected chi connectivity index (χ2v) is 7.36. The van der Waals surface area contributed by atoms with E-state index in [-0.39, 0.29) is 24.7 Å². The molecule has 0 saturated heterocycles. The Morgan fingerprint density at radius 3 is 2.66 bits per heavy atom. The number of anilines is 1. The van der Waals surface area contributed by atoms with Crippen LogP contribution in [-0.2, 0) is 9.59 Å². The molecule has 6 nitrogen and oxygen atoms in total. The lowest BCUT2D eigenvalue weighted by Gasteiger charge is -2.07. The standard InChI is InChI=1S/C21H21BrClN3O3/c1-3-10-29-19-7-5-15(11-17(19)22)13-24-26-21(28)9-8-20(27)25-16-6-4-14(2)18(23)12-16/h3-7,11-13H,1,8-10H2,2H3,(H,25,27)(H,26,28). The molecule has 0 aliphatic carbocycles. The van der Waals surface area contributed by atoms with Crippen LogP contribution in [0.2, 0.25) is 5.02 Å². The Hall–Kier alpha value is -2.64. The van der Waals surface area contributed by atoms with Crippen molar-refractivity contribution in [3.8, 4) is 5.75 Å². The van der Waals surface area contributed by atoms with Crippen molar-refractivity contribution < 1.29 is 14.3 Å². The molecule has 0 aromatic heterocycles. The Bertz CT molecular complexity index is 931. The van der Waals surface area contributed by atoms with Crippen LogP contribution in [-0.4, -0.2) is 24.6 Å². The molecule has 152 valence electrons. The molecular formula is C21H21BrClN3O3. The van der Waals surface area contributed by atoms with E-state index in [4.69, 9.17) is 16.3 Å². The SMILES string of the molecule is C=CCOc1ccc(C=NNC(=O)CCC(=O)Nc2ccc(C)c(Cl)c2)cc1Br. The highest BCUT2D eigenvalue weighted by Gasteiger charge is 2.08. The van der Waals surface area contributed by atoms with Crippen molar-refractivity contribution in [1.82, 2.24) is 5.43 Å². The van der Waals surface area contributed by atoms with Crippen molar-refractivity contribution in [3.63, 3.8) is 0 Å². The average Bonchev–Trinajstić information content (AvgIpc) is 2.68. The van der Waals surface area contributed by atoms with Crippen LogP contribution in [0, 0.1) is 6.92 Å². The van der Waals surface area contributed by atoms with E-state index in [2.05, 4.69) is 38.4 Å². The summed E-state index contributed by atoms with van der Waals surface area (Å²) in [5.74, 6) is 0.0541. The largest absolute Gasteiger partial charge is 0.488 e. The van der Waals surface area contributed by atoms with Crippen LogP contribution in [0.1, 0.15) is 24.0 Å². The summed E-state index contributed by atoms with van der Waals surface area (Å²) in [7, 11) is 0. The fraction of sp³-hybridized carbons (Fsp3) is 0.190. The van der Waals surface area contributed by atoms with Gasteiger partial charge in [-0.05, 0) is 64.3 Å². The smallest absolute Gasteiger partial charge is 0.240 e. The summed E-state index contributed by atoms with van der Waals surface area (Å²) in [5, 5.41) is 7.19. The van der Waals surface area contributed by atoms with Crippen molar-refractivity contribution in [1.29, 1.82) is 0 Å². The van der Waals surface area contributed by atoms with Crippen molar-refractivity contribution in [3.05, 3.63) is 69.7 Å². The molecule has 2 rings (SSSR count). The Balaban J connectivity index is 1.77. The second-order valence-electron chi connectivity index (χ2n) is 6.09. The van der Waals surface area contributed by atoms with Crippen molar-refractivity contribution in [2.75, 3.05) is 11.9 Å². The molecule has 0 fully saturated rings. The number of hydrogen-bond donors (Lipinski definition) is 2. The van der Waals surface area contributed by atoms with Gasteiger partial charge in [0.15, 0.2) is 0 Å². The molecule has 0 heterocycles. The number of benzene rings is 2. The summed E-state index contributed by atoms with van der Waals surface area (Å²) in [5.41, 5.74) is 4.70. The molecule has 0 saturated carbocycles. The van der Waals surface area contributed by atoms with Gasteiger partial charge in [-0.2, -0.15) is 5.10 Å². The van der Waals surface area contributed by atoms with E-state index >= 15 is 0 Å². The normalized spacial score (nSPS) is 10.6. The van der Waals surface area contributed by atoms with E-state index in [0.717, 1.165) is 15.6 Å². The summed E-state index contributed by atoms with van der Waals surface area (Å²) in [6.45, 7) is 5.89. The maximum Gasteiger partial charge on any atom is 0.240 e. The summed E-state index contributed by atoms with van der Waals surface area (Å²) in [6, 6.07) is 10.7. The van der Waals surface area contributed by atoms with Crippen molar-refractivity contribution in [2.45, 2.75) is 19.8 Å². The first-order valence-electron chi connectivity index (χ1n) is 8.80. The van der Waals surface area contributed by atoms with Crippen LogP contribution >= 0.6 is 27.5 Å². The molecule has 0 atom stereocenters. The molecule has 0 spiro atoms. The van der Waals surface area contributed by atoms with Gasteiger partial charge in [0, 0.05) is 23.6 Å². The molecule has 2 N–H and O–H groups in total. The third-order valence-corrected chi connectivity index (χ3v) is 4.78. The number of aryl methyl sites for hydroxylation is 1. The van der Waals surface area contributed by atoms with E-state index < -0.39 is 0 Å². The average molecular weight is 479 g/mol. The van der Waals surface area contributed by atoms with Gasteiger partial charge in [-0.15, -0.1) is 0 Å². The van der Waals surface area contributed by atoms with Crippen LogP contribution in [0.3, 0.4) is 0 Å². The molecule has 2 aromatic carbocycles. The number of ether oxygens (including phenoxy) is 1. The highest BCUT2D eigenvalue weighted by atomic mass is 79.9. The minimum Gasteiger partial charge on any atom is -0.488 e. The zero-order valence-corrected chi connectivity index (χ0v) is 18.2. The van der Waals surface area contributed by atoms with E-state index in [9.17, 15) is 9.59 Å². The number of carbonyl (C=O) groups is 2. The van der Waals surface area contributed by atoms with E-state index in [0.29, 0.717) is 23.1 Å². The van der Waals surface area contributed by atoms with Crippen LogP contribution < -0.4 is 15.5 Å². The van der Waals surface area contributed by atoms with Gasteiger partial charge in [0.2, 0.25) is 11.8 Å². The number of halogens is 2. The van der Waals surface area contributed by atoms with Crippen LogP contribution in [0.25, 0.3) is 0 Å². The third-order valence-electron chi connectivity index (χ3n) is 3.75. The lowest BCUT2D eigenvalue weighted by atomic mass is 10.2. The topological polar surface area (TPSA) is 79.8 Å². The molecule has 8 heteroatoms. The highest BCUT2D eigenvalue weighted by Crippen LogP contribution is 2.25. The number of amides is 2. The van der Waals surface area contributed by atoms with Gasteiger partial charge in [-0.3, -0.25) is 9.59 Å². The Labute approximate surface area is 183 Å². The van der Waals surface area contributed by atoms with E-state index in [1.54, 1.807) is 30.3 Å². The summed E-state index contributed by atoms with van der Waals surface area (Å²) >= 11 is 9.44. The second kappa shape index (κ2) is 11.4. The van der Waals surface area contributed by atoms with Gasteiger partial charge >= 0.3 is 0 Å². The molecule has 2 aromatic rings. The molecular weight excluding hydrogens is 458 g/mol. The quantitative estimate of drug-likeness (QED) is 0.307. The lowest BCUT2D eigenvalue weighted by Crippen LogP contribution is -2.20. The maximum atomic E-state index is 12.0. The summed E-state index contributed by atoms with van der Waals surface area (Å²) < 4.78 is 6.23. The molecule has 0 unspecified atom stereocenters. The van der Waals surface area contributed by atoms with Gasteiger partial charge < -0.3 is 10.1 Å². The molecule has 29 heavy (non-hydrogen) atoms. The predicted octanol–water partition coefficient (Wildman–Crippen LogP) is 4.84. The van der Waals surface area contributed by atoms with Crippen LogP contribution in [0.15, 0.2) is 58.6 Å². The number of hydrogen-bond acceptors (Lipinski definition) is 4. The van der Waals surface area contributed by atoms with Crippen molar-refractivity contribution in [2.24, 2.45) is 5.10 Å². The number of nitrogens with one attached hydrogen (secondary N) is 2. The predicted molar refractivity (Wildman–Crippen MR) is 120 cm³/mol. The molecule has 0 aliphatic rings. The minimum atomic E-state index is -0.358. The monoisotopic (exact) mass is 477 g/mol. The number of carbonyl (C=O) groups excluding carboxylic acids is 2. The van der Waals surface area contributed by atoms with E-state index in [1.165, 1.54) is 6.21 Å². The zero-order valence-electron chi connectivity index (χ0n) is 15.9. The third kappa shape index (κ3) is 7.71. The lowest BCUT2D eigenvalue weighted by molar-refractivity contribution is -0.124. The summed E-state index contributed by atoms with van der Waals surface area (Å²) in [4.78, 5) is 23.8. The van der Waals surface area contributed by atoms with Gasteiger partial charge in [0.05, 0.1) is 10.7 Å². The first kappa shape index (κ1) is 22.6. The van der Waals surface area contributed by atoms with Crippen molar-refractivity contribution >= 4 is 51.2 Å². The maximum absolute atomic E-state index is 12.0. The highest BCUT2D eigenvalue weighted by molar-refractivity contribution is 9.10. The molecule has 2 amide bonds. The number of nitrogens with zero attached hydrogens (tertiary/aromatic N) is 1. The number of hydrazone groups is 1. The zero-order chi connectivity index (χ0) is 21.2.